The second kappa shape index (κ2) is 7.92. The van der Waals surface area contributed by atoms with Crippen molar-refractivity contribution in [3.8, 4) is 0 Å². The summed E-state index contributed by atoms with van der Waals surface area (Å²) in [5, 5.41) is 2.74. The van der Waals surface area contributed by atoms with Crippen molar-refractivity contribution in [3.05, 3.63) is 29.8 Å². The number of imide groups is 1. The number of anilines is 1. The minimum Gasteiger partial charge on any atom is -0.452 e. The van der Waals surface area contributed by atoms with Gasteiger partial charge in [0.25, 0.3) is 5.91 Å². The Hall–Kier alpha value is -2.70. The molecule has 7 nitrogen and oxygen atoms in total. The van der Waals surface area contributed by atoms with E-state index in [1.54, 1.807) is 0 Å². The Kier molecular flexibility index (Phi) is 5.90. The minimum absolute atomic E-state index is 0.0129. The topological polar surface area (TPSA) is 92.8 Å². The van der Waals surface area contributed by atoms with Gasteiger partial charge in [0.15, 0.2) is 6.61 Å². The lowest BCUT2D eigenvalue weighted by molar-refractivity contribution is -0.125. The number of nitrogens with zero attached hydrogens (tertiary/aromatic N) is 1. The second-order valence-electron chi connectivity index (χ2n) is 6.35. The average molecular weight is 346 g/mol. The van der Waals surface area contributed by atoms with Gasteiger partial charge in [0, 0.05) is 18.9 Å². The van der Waals surface area contributed by atoms with E-state index in [1.807, 2.05) is 20.8 Å². The number of benzene rings is 1. The molecule has 1 fully saturated rings. The summed E-state index contributed by atoms with van der Waals surface area (Å²) < 4.78 is 4.98. The van der Waals surface area contributed by atoms with Crippen LogP contribution in [0.2, 0.25) is 0 Å². The van der Waals surface area contributed by atoms with E-state index in [1.165, 1.54) is 24.3 Å². The molecule has 1 aromatic rings. The average Bonchev–Trinajstić information content (AvgIpc) is 2.91. The summed E-state index contributed by atoms with van der Waals surface area (Å²) in [4.78, 5) is 48.2. The highest BCUT2D eigenvalue weighted by Crippen LogP contribution is 2.22. The van der Waals surface area contributed by atoms with Crippen LogP contribution < -0.4 is 10.2 Å². The van der Waals surface area contributed by atoms with Crippen molar-refractivity contribution in [2.75, 3.05) is 11.5 Å². The summed E-state index contributed by atoms with van der Waals surface area (Å²) in [5.41, 5.74) is 0.667. The van der Waals surface area contributed by atoms with Crippen LogP contribution in [0.25, 0.3) is 0 Å². The minimum atomic E-state index is -0.641. The van der Waals surface area contributed by atoms with Gasteiger partial charge in [-0.15, -0.1) is 0 Å². The Morgan fingerprint density at radius 1 is 1.08 bits per heavy atom. The highest BCUT2D eigenvalue weighted by Gasteiger charge is 2.30. The third kappa shape index (κ3) is 4.65. The van der Waals surface area contributed by atoms with Crippen molar-refractivity contribution in [2.45, 2.75) is 39.7 Å². The molecular formula is C18H22N2O5. The largest absolute Gasteiger partial charge is 0.452 e. The molecule has 1 saturated heterocycles. The van der Waals surface area contributed by atoms with Gasteiger partial charge in [0.2, 0.25) is 11.8 Å². The van der Waals surface area contributed by atoms with Crippen molar-refractivity contribution in [1.29, 1.82) is 0 Å². The van der Waals surface area contributed by atoms with Gasteiger partial charge in [-0.2, -0.15) is 0 Å². The maximum atomic E-state index is 12.0. The molecule has 0 radical (unpaired) electrons. The summed E-state index contributed by atoms with van der Waals surface area (Å²) in [6.45, 7) is 5.48. The third-order valence-electron chi connectivity index (χ3n) is 4.14. The molecule has 3 amide bonds. The Morgan fingerprint density at radius 3 is 2.16 bits per heavy atom. The summed E-state index contributed by atoms with van der Waals surface area (Å²) in [6, 6.07) is 5.94. The van der Waals surface area contributed by atoms with Crippen LogP contribution in [0.1, 0.15) is 44.0 Å². The van der Waals surface area contributed by atoms with E-state index in [4.69, 9.17) is 4.74 Å². The van der Waals surface area contributed by atoms with Crippen LogP contribution >= 0.6 is 0 Å². The lowest BCUT2D eigenvalue weighted by Crippen LogP contribution is -2.38. The second-order valence-corrected chi connectivity index (χ2v) is 6.35. The number of carbonyl (C=O) groups excluding carboxylic acids is 4. The molecule has 0 spiro atoms. The van der Waals surface area contributed by atoms with E-state index in [2.05, 4.69) is 5.32 Å². The number of rotatable bonds is 6. The molecule has 1 heterocycles. The number of carbonyl (C=O) groups is 4. The highest BCUT2D eigenvalue weighted by atomic mass is 16.5. The van der Waals surface area contributed by atoms with Gasteiger partial charge in [-0.05, 0) is 37.1 Å². The Labute approximate surface area is 146 Å². The predicted molar refractivity (Wildman–Crippen MR) is 90.9 cm³/mol. The number of hydrogen-bond donors (Lipinski definition) is 1. The first-order chi connectivity index (χ1) is 11.8. The van der Waals surface area contributed by atoms with Gasteiger partial charge in [0.1, 0.15) is 0 Å². The van der Waals surface area contributed by atoms with E-state index in [9.17, 15) is 19.2 Å². The number of esters is 1. The zero-order chi connectivity index (χ0) is 18.6. The fraction of sp³-hybridized carbons (Fsp3) is 0.444. The fourth-order valence-corrected chi connectivity index (χ4v) is 2.29. The van der Waals surface area contributed by atoms with Crippen LogP contribution in [0.15, 0.2) is 24.3 Å². The maximum absolute atomic E-state index is 12.0. The summed E-state index contributed by atoms with van der Waals surface area (Å²) in [5.74, 6) is -1.23. The van der Waals surface area contributed by atoms with Crippen molar-refractivity contribution in [2.24, 2.45) is 5.92 Å². The molecule has 0 aromatic heterocycles. The Balaban J connectivity index is 1.91. The molecule has 0 saturated carbocycles. The molecule has 1 N–H and O–H groups in total. The van der Waals surface area contributed by atoms with Crippen LogP contribution in [0.4, 0.5) is 5.69 Å². The van der Waals surface area contributed by atoms with Crippen LogP contribution in [0.3, 0.4) is 0 Å². The molecule has 1 aromatic carbocycles. The van der Waals surface area contributed by atoms with E-state index in [0.717, 1.165) is 4.90 Å². The number of hydrogen-bond acceptors (Lipinski definition) is 5. The number of ether oxygens (including phenoxy) is 1. The molecule has 7 heteroatoms. The summed E-state index contributed by atoms with van der Waals surface area (Å²) >= 11 is 0. The highest BCUT2D eigenvalue weighted by molar-refractivity contribution is 6.19. The smallest absolute Gasteiger partial charge is 0.338 e. The number of amides is 3. The van der Waals surface area contributed by atoms with Gasteiger partial charge in [-0.1, -0.05) is 13.8 Å². The van der Waals surface area contributed by atoms with Crippen molar-refractivity contribution in [3.63, 3.8) is 0 Å². The van der Waals surface area contributed by atoms with E-state index < -0.39 is 5.97 Å². The first kappa shape index (κ1) is 18.6. The summed E-state index contributed by atoms with van der Waals surface area (Å²) in [6.07, 6.45) is 0.402. The fourth-order valence-electron chi connectivity index (χ4n) is 2.29. The molecule has 134 valence electrons. The monoisotopic (exact) mass is 346 g/mol. The van der Waals surface area contributed by atoms with Gasteiger partial charge >= 0.3 is 5.97 Å². The Bertz CT molecular complexity index is 665. The molecule has 25 heavy (non-hydrogen) atoms. The zero-order valence-corrected chi connectivity index (χ0v) is 14.6. The number of nitrogens with one attached hydrogen (secondary N) is 1. The normalized spacial score (nSPS) is 15.4. The third-order valence-corrected chi connectivity index (χ3v) is 4.14. The van der Waals surface area contributed by atoms with Crippen molar-refractivity contribution in [1.82, 2.24) is 5.32 Å². The summed E-state index contributed by atoms with van der Waals surface area (Å²) in [7, 11) is 0. The predicted octanol–water partition coefficient (Wildman–Crippen LogP) is 1.66. The van der Waals surface area contributed by atoms with E-state index >= 15 is 0 Å². The lowest BCUT2D eigenvalue weighted by Gasteiger charge is -2.17. The molecule has 1 aliphatic rings. The van der Waals surface area contributed by atoms with E-state index in [-0.39, 0.29) is 54.7 Å². The molecule has 1 aliphatic heterocycles. The van der Waals surface area contributed by atoms with Crippen LogP contribution in [-0.4, -0.2) is 36.3 Å². The molecule has 2 rings (SSSR count). The van der Waals surface area contributed by atoms with Crippen LogP contribution in [0.5, 0.6) is 0 Å². The first-order valence-corrected chi connectivity index (χ1v) is 8.22. The van der Waals surface area contributed by atoms with Crippen molar-refractivity contribution < 1.29 is 23.9 Å². The van der Waals surface area contributed by atoms with E-state index in [0.29, 0.717) is 5.69 Å². The maximum Gasteiger partial charge on any atom is 0.338 e. The van der Waals surface area contributed by atoms with Gasteiger partial charge < -0.3 is 10.1 Å². The van der Waals surface area contributed by atoms with Crippen molar-refractivity contribution >= 4 is 29.4 Å². The lowest BCUT2D eigenvalue weighted by atomic mass is 10.1. The molecule has 0 unspecified atom stereocenters. The molecular weight excluding hydrogens is 324 g/mol. The van der Waals surface area contributed by atoms with Gasteiger partial charge in [-0.3, -0.25) is 19.3 Å². The first-order valence-electron chi connectivity index (χ1n) is 8.22. The molecule has 0 bridgehead atoms. The van der Waals surface area contributed by atoms with Gasteiger partial charge in [0.05, 0.1) is 11.3 Å². The zero-order valence-electron chi connectivity index (χ0n) is 14.6. The SMILES string of the molecule is CC(C)[C@H](C)NC(=O)COC(=O)c1ccc(N2C(=O)CCC2=O)cc1. The van der Waals surface area contributed by atoms with Crippen LogP contribution in [0, 0.1) is 5.92 Å². The van der Waals surface area contributed by atoms with Crippen LogP contribution in [-0.2, 0) is 19.1 Å². The standard InChI is InChI=1S/C18H22N2O5/c1-11(2)12(3)19-15(21)10-25-18(24)13-4-6-14(7-5-13)20-16(22)8-9-17(20)23/h4-7,11-12H,8-10H2,1-3H3,(H,19,21)/t12-/m0/s1. The molecule has 1 atom stereocenters. The van der Waals surface area contributed by atoms with Gasteiger partial charge in [-0.25, -0.2) is 4.79 Å². The quantitative estimate of drug-likeness (QED) is 0.625. The molecule has 0 aliphatic carbocycles. The Morgan fingerprint density at radius 2 is 1.64 bits per heavy atom.